The second kappa shape index (κ2) is 8.47. The number of carbonyl (C=O) groups is 1. The molecule has 0 radical (unpaired) electrons. The number of hydrogen-bond donors (Lipinski definition) is 1. The van der Waals surface area contributed by atoms with Crippen molar-refractivity contribution in [3.63, 3.8) is 0 Å². The van der Waals surface area contributed by atoms with Crippen molar-refractivity contribution in [2.75, 3.05) is 25.5 Å². The third kappa shape index (κ3) is 4.29. The Hall–Kier alpha value is -3.26. The Morgan fingerprint density at radius 3 is 2.87 bits per heavy atom. The smallest absolute Gasteiger partial charge is 0.298 e. The Kier molecular flexibility index (Phi) is 5.38. The first kappa shape index (κ1) is 19.7. The van der Waals surface area contributed by atoms with Crippen molar-refractivity contribution in [1.82, 2.24) is 20.1 Å². The maximum atomic E-state index is 11.1. The van der Waals surface area contributed by atoms with Gasteiger partial charge in [-0.05, 0) is 57.5 Å². The van der Waals surface area contributed by atoms with Gasteiger partial charge in [-0.15, -0.1) is 10.2 Å². The van der Waals surface area contributed by atoms with Crippen LogP contribution in [0, 0.1) is 0 Å². The molecule has 1 atom stereocenters. The van der Waals surface area contributed by atoms with E-state index >= 15 is 0 Å². The molecule has 31 heavy (non-hydrogen) atoms. The van der Waals surface area contributed by atoms with E-state index in [1.807, 2.05) is 18.2 Å². The number of nitrogens with one attached hydrogen (secondary N) is 1. The van der Waals surface area contributed by atoms with E-state index in [1.54, 1.807) is 18.5 Å². The van der Waals surface area contributed by atoms with Crippen molar-refractivity contribution in [2.45, 2.75) is 37.8 Å². The summed E-state index contributed by atoms with van der Waals surface area (Å²) in [7, 11) is 2.13. The number of likely N-dealkylation sites (tertiary alicyclic amines) is 1. The van der Waals surface area contributed by atoms with Crippen LogP contribution in [0.25, 0.3) is 22.0 Å². The number of nitrogens with zero attached hydrogens (tertiary/aromatic N) is 4. The van der Waals surface area contributed by atoms with Crippen LogP contribution in [0.2, 0.25) is 0 Å². The summed E-state index contributed by atoms with van der Waals surface area (Å²) in [5.74, 6) is 1.80. The van der Waals surface area contributed by atoms with Gasteiger partial charge in [-0.1, -0.05) is 0 Å². The predicted molar refractivity (Wildman–Crippen MR) is 117 cm³/mol. The van der Waals surface area contributed by atoms with E-state index < -0.39 is 0 Å². The van der Waals surface area contributed by atoms with Crippen molar-refractivity contribution in [3.05, 3.63) is 36.7 Å². The van der Waals surface area contributed by atoms with E-state index in [2.05, 4.69) is 32.4 Å². The van der Waals surface area contributed by atoms with Gasteiger partial charge in [-0.3, -0.25) is 9.78 Å². The number of anilines is 1. The van der Waals surface area contributed by atoms with Crippen LogP contribution in [0.5, 0.6) is 11.5 Å². The van der Waals surface area contributed by atoms with Gasteiger partial charge in [0.2, 0.25) is 0 Å². The Labute approximate surface area is 180 Å². The molecule has 1 saturated heterocycles. The largest absolute Gasteiger partial charge is 0.490 e. The molecule has 1 saturated carbocycles. The summed E-state index contributed by atoms with van der Waals surface area (Å²) < 4.78 is 11.1. The van der Waals surface area contributed by atoms with Gasteiger partial charge >= 0.3 is 0 Å². The van der Waals surface area contributed by atoms with Gasteiger partial charge in [0.25, 0.3) is 6.47 Å². The summed E-state index contributed by atoms with van der Waals surface area (Å²) >= 11 is 0. The minimum Gasteiger partial charge on any atom is -0.490 e. The van der Waals surface area contributed by atoms with Gasteiger partial charge in [-0.25, -0.2) is 0 Å². The number of ether oxygens (including phenoxy) is 2. The maximum Gasteiger partial charge on any atom is 0.298 e. The molecule has 0 spiro atoms. The number of likely N-dealkylation sites (N-methyl/N-ethyl adjacent to an activating group) is 1. The molecule has 1 aliphatic heterocycles. The molecular formula is C23H25N5O3. The van der Waals surface area contributed by atoms with E-state index in [-0.39, 0.29) is 6.10 Å². The molecule has 1 N–H and O–H groups in total. The zero-order valence-corrected chi connectivity index (χ0v) is 17.5. The minimum atomic E-state index is 0.255. The zero-order chi connectivity index (χ0) is 21.2. The number of carbonyl (C=O) groups excluding carboxylic acids is 1. The third-order valence-electron chi connectivity index (χ3n) is 5.76. The number of pyridine rings is 1. The van der Waals surface area contributed by atoms with Crippen molar-refractivity contribution < 1.29 is 14.3 Å². The summed E-state index contributed by atoms with van der Waals surface area (Å²) in [6.45, 7) is 2.50. The maximum absolute atomic E-state index is 11.1. The monoisotopic (exact) mass is 419 g/mol. The van der Waals surface area contributed by atoms with Crippen molar-refractivity contribution in [1.29, 1.82) is 0 Å². The van der Waals surface area contributed by atoms with Gasteiger partial charge in [0.15, 0.2) is 5.82 Å². The number of hydrogen-bond acceptors (Lipinski definition) is 8. The molecule has 3 aromatic rings. The minimum absolute atomic E-state index is 0.255. The molecule has 1 aromatic carbocycles. The fraction of sp³-hybridized carbons (Fsp3) is 0.391. The lowest BCUT2D eigenvalue weighted by Gasteiger charge is -2.30. The average molecular weight is 419 g/mol. The SMILES string of the molecule is CN1CCC[C@@H](Nc2nnc(-c3ccc(OC4CC4)cc3OC=O)c3ccncc23)C1. The van der Waals surface area contributed by atoms with Crippen LogP contribution in [0.15, 0.2) is 36.7 Å². The topological polar surface area (TPSA) is 89.5 Å². The quantitative estimate of drug-likeness (QED) is 0.584. The fourth-order valence-electron chi connectivity index (χ4n) is 4.08. The third-order valence-corrected chi connectivity index (χ3v) is 5.76. The van der Waals surface area contributed by atoms with Crippen LogP contribution in [-0.2, 0) is 4.79 Å². The second-order valence-electron chi connectivity index (χ2n) is 8.25. The summed E-state index contributed by atoms with van der Waals surface area (Å²) in [6, 6.07) is 7.71. The van der Waals surface area contributed by atoms with Gasteiger partial charge in [-0.2, -0.15) is 0 Å². The first-order chi connectivity index (χ1) is 15.2. The fourth-order valence-corrected chi connectivity index (χ4v) is 4.08. The van der Waals surface area contributed by atoms with E-state index in [9.17, 15) is 4.79 Å². The summed E-state index contributed by atoms with van der Waals surface area (Å²) in [5.41, 5.74) is 1.32. The lowest BCUT2D eigenvalue weighted by Crippen LogP contribution is -2.40. The highest BCUT2D eigenvalue weighted by Crippen LogP contribution is 2.38. The van der Waals surface area contributed by atoms with E-state index in [4.69, 9.17) is 9.47 Å². The summed E-state index contributed by atoms with van der Waals surface area (Å²) in [5, 5.41) is 14.3. The van der Waals surface area contributed by atoms with Crippen LogP contribution >= 0.6 is 0 Å². The van der Waals surface area contributed by atoms with Crippen LogP contribution < -0.4 is 14.8 Å². The first-order valence-electron chi connectivity index (χ1n) is 10.7. The Bertz CT molecular complexity index is 1100. The molecule has 0 bridgehead atoms. The number of fused-ring (bicyclic) bond motifs is 1. The highest BCUT2D eigenvalue weighted by molar-refractivity contribution is 6.00. The molecule has 0 unspecified atom stereocenters. The molecule has 2 aliphatic rings. The van der Waals surface area contributed by atoms with Gasteiger partial charge in [0.05, 0.1) is 6.10 Å². The molecule has 1 aliphatic carbocycles. The highest BCUT2D eigenvalue weighted by Gasteiger charge is 2.25. The molecule has 3 heterocycles. The molecule has 0 amide bonds. The summed E-state index contributed by atoms with van der Waals surface area (Å²) in [4.78, 5) is 17.8. The molecule has 2 fully saturated rings. The van der Waals surface area contributed by atoms with E-state index in [0.717, 1.165) is 55.4 Å². The van der Waals surface area contributed by atoms with Gasteiger partial charge < -0.3 is 19.7 Å². The van der Waals surface area contributed by atoms with Crippen LogP contribution in [0.3, 0.4) is 0 Å². The van der Waals surface area contributed by atoms with Crippen molar-refractivity contribution in [2.24, 2.45) is 0 Å². The molecule has 5 rings (SSSR count). The number of benzene rings is 1. The van der Waals surface area contributed by atoms with E-state index in [0.29, 0.717) is 35.3 Å². The normalized spacial score (nSPS) is 19.2. The molecular weight excluding hydrogens is 394 g/mol. The Balaban J connectivity index is 1.52. The van der Waals surface area contributed by atoms with Crippen molar-refractivity contribution >= 4 is 23.1 Å². The number of aromatic nitrogens is 3. The number of piperidine rings is 1. The van der Waals surface area contributed by atoms with E-state index in [1.165, 1.54) is 0 Å². The van der Waals surface area contributed by atoms with Gasteiger partial charge in [0, 0.05) is 47.4 Å². The standard InChI is InChI=1S/C23H25N5O3/c1-28-10-2-3-15(13-28)25-23-20-12-24-9-8-18(20)22(26-27-23)19-7-6-17(31-16-4-5-16)11-21(19)30-14-29/h6-9,11-12,14-16H,2-5,10,13H2,1H3,(H,25,27)/t15-/m1/s1. The predicted octanol–water partition coefficient (Wildman–Crippen LogP) is 3.27. The molecule has 2 aromatic heterocycles. The number of rotatable bonds is 7. The molecule has 160 valence electrons. The first-order valence-corrected chi connectivity index (χ1v) is 10.7. The van der Waals surface area contributed by atoms with Gasteiger partial charge in [0.1, 0.15) is 17.2 Å². The second-order valence-corrected chi connectivity index (χ2v) is 8.25. The lowest BCUT2D eigenvalue weighted by molar-refractivity contribution is -0.120. The van der Waals surface area contributed by atoms with Crippen LogP contribution in [0.4, 0.5) is 5.82 Å². The summed E-state index contributed by atoms with van der Waals surface area (Å²) in [6.07, 6.45) is 8.14. The average Bonchev–Trinajstić information content (AvgIpc) is 3.59. The Morgan fingerprint density at radius 2 is 2.06 bits per heavy atom. The lowest BCUT2D eigenvalue weighted by atomic mass is 10.0. The highest BCUT2D eigenvalue weighted by atomic mass is 16.5. The van der Waals surface area contributed by atoms with Crippen molar-refractivity contribution in [3.8, 4) is 22.8 Å². The molecule has 8 nitrogen and oxygen atoms in total. The van der Waals surface area contributed by atoms with Crippen LogP contribution in [0.1, 0.15) is 25.7 Å². The Morgan fingerprint density at radius 1 is 1.16 bits per heavy atom. The van der Waals surface area contributed by atoms with Crippen LogP contribution in [-0.4, -0.2) is 58.8 Å². The zero-order valence-electron chi connectivity index (χ0n) is 17.5. The molecule has 8 heteroatoms.